The topological polar surface area (TPSA) is 130 Å². The fraction of sp³-hybridized carbons (Fsp3) is 0.333. The van der Waals surface area contributed by atoms with Gasteiger partial charge >= 0.3 is 0 Å². The van der Waals surface area contributed by atoms with Gasteiger partial charge in [-0.2, -0.15) is 0 Å². The monoisotopic (exact) mass is 612 g/mol. The molecule has 0 radical (unpaired) electrons. The number of halogens is 1. The van der Waals surface area contributed by atoms with Gasteiger partial charge in [-0.05, 0) is 42.2 Å². The van der Waals surface area contributed by atoms with Gasteiger partial charge in [0.2, 0.25) is 21.8 Å². The number of anilines is 1. The molecule has 1 aliphatic carbocycles. The third kappa shape index (κ3) is 8.29. The summed E-state index contributed by atoms with van der Waals surface area (Å²) in [6.45, 7) is -0.645. The summed E-state index contributed by atoms with van der Waals surface area (Å²) in [7, 11) is -4.05. The number of amides is 2. The molecule has 3 aromatic rings. The Kier molecular flexibility index (Phi) is 10.2. The standard InChI is InChI=1S/C30H33ClN4O6S/c1-42(40,41)34(26-12-7-13-27(19-26)35(38)39)21-29(36)33(20-23-14-16-24(31)17-15-23)28(18-22-8-3-2-4-9-22)30(37)32-25-10-5-6-11-25/h2-4,7-9,12-17,19,25,28H,5-6,10-11,18,20-21H2,1H3,(H,32,37)/t28-/m1/s1. The van der Waals surface area contributed by atoms with E-state index >= 15 is 0 Å². The second kappa shape index (κ2) is 13.8. The number of nitrogens with zero attached hydrogens (tertiary/aromatic N) is 3. The Bertz CT molecular complexity index is 1510. The lowest BCUT2D eigenvalue weighted by Gasteiger charge is -2.34. The van der Waals surface area contributed by atoms with Crippen LogP contribution in [0.25, 0.3) is 0 Å². The van der Waals surface area contributed by atoms with E-state index in [0.717, 1.165) is 47.9 Å². The van der Waals surface area contributed by atoms with E-state index < -0.39 is 33.4 Å². The number of carbonyl (C=O) groups excluding carboxylic acids is 2. The highest BCUT2D eigenvalue weighted by Gasteiger charge is 2.34. The van der Waals surface area contributed by atoms with Gasteiger partial charge in [0.25, 0.3) is 5.69 Å². The van der Waals surface area contributed by atoms with Crippen molar-refractivity contribution in [1.82, 2.24) is 10.2 Å². The Hall–Kier alpha value is -3.96. The van der Waals surface area contributed by atoms with Crippen LogP contribution in [0.15, 0.2) is 78.9 Å². The van der Waals surface area contributed by atoms with Gasteiger partial charge < -0.3 is 10.2 Å². The van der Waals surface area contributed by atoms with Crippen molar-refractivity contribution in [3.63, 3.8) is 0 Å². The number of carbonyl (C=O) groups is 2. The smallest absolute Gasteiger partial charge is 0.271 e. The summed E-state index contributed by atoms with van der Waals surface area (Å²) in [6.07, 6.45) is 4.85. The molecule has 1 saturated carbocycles. The Labute approximate surface area is 250 Å². The molecule has 4 rings (SSSR count). The van der Waals surface area contributed by atoms with Gasteiger partial charge in [-0.1, -0.05) is 73.0 Å². The molecule has 3 aromatic carbocycles. The van der Waals surface area contributed by atoms with Crippen molar-refractivity contribution in [1.29, 1.82) is 0 Å². The summed E-state index contributed by atoms with van der Waals surface area (Å²) in [5.74, 6) is -0.960. The number of nitrogens with one attached hydrogen (secondary N) is 1. The first-order chi connectivity index (χ1) is 20.0. The van der Waals surface area contributed by atoms with Gasteiger partial charge in [0.15, 0.2) is 0 Å². The van der Waals surface area contributed by atoms with Crippen molar-refractivity contribution < 1.29 is 22.9 Å². The first-order valence-electron chi connectivity index (χ1n) is 13.6. The van der Waals surface area contributed by atoms with Crippen molar-refractivity contribution in [3.8, 4) is 0 Å². The van der Waals surface area contributed by atoms with Crippen molar-refractivity contribution in [2.45, 2.75) is 50.7 Å². The van der Waals surface area contributed by atoms with Gasteiger partial charge in [-0.25, -0.2) is 8.42 Å². The molecular weight excluding hydrogens is 580 g/mol. The molecule has 1 N–H and O–H groups in total. The number of hydrogen-bond donors (Lipinski definition) is 1. The molecule has 1 aliphatic rings. The zero-order valence-corrected chi connectivity index (χ0v) is 24.8. The fourth-order valence-corrected chi connectivity index (χ4v) is 6.05. The van der Waals surface area contributed by atoms with E-state index in [1.54, 1.807) is 24.3 Å². The second-order valence-electron chi connectivity index (χ2n) is 10.4. The number of hydrogen-bond acceptors (Lipinski definition) is 6. The molecule has 42 heavy (non-hydrogen) atoms. The summed E-state index contributed by atoms with van der Waals surface area (Å²) in [5, 5.41) is 15.0. The van der Waals surface area contributed by atoms with Gasteiger partial charge in [-0.3, -0.25) is 24.0 Å². The molecule has 0 spiro atoms. The van der Waals surface area contributed by atoms with Crippen molar-refractivity contribution >= 4 is 44.8 Å². The van der Waals surface area contributed by atoms with Crippen molar-refractivity contribution in [2.75, 3.05) is 17.1 Å². The molecule has 1 fully saturated rings. The lowest BCUT2D eigenvalue weighted by atomic mass is 10.0. The molecule has 0 aromatic heterocycles. The average molecular weight is 613 g/mol. The average Bonchev–Trinajstić information content (AvgIpc) is 3.47. The van der Waals surface area contributed by atoms with Gasteiger partial charge in [0, 0.05) is 36.2 Å². The Morgan fingerprint density at radius 2 is 1.67 bits per heavy atom. The maximum Gasteiger partial charge on any atom is 0.271 e. The lowest BCUT2D eigenvalue weighted by molar-refractivity contribution is -0.384. The van der Waals surface area contributed by atoms with Crippen LogP contribution < -0.4 is 9.62 Å². The highest BCUT2D eigenvalue weighted by atomic mass is 35.5. The number of non-ortho nitro benzene ring substituents is 1. The Morgan fingerprint density at radius 1 is 1.00 bits per heavy atom. The summed E-state index contributed by atoms with van der Waals surface area (Å²) >= 11 is 6.08. The number of rotatable bonds is 12. The predicted molar refractivity (Wildman–Crippen MR) is 162 cm³/mol. The molecule has 0 aliphatic heterocycles. The molecule has 0 heterocycles. The molecule has 1 atom stereocenters. The highest BCUT2D eigenvalue weighted by Crippen LogP contribution is 2.25. The number of sulfonamides is 1. The number of benzene rings is 3. The van der Waals surface area contributed by atoms with Gasteiger partial charge in [0.1, 0.15) is 12.6 Å². The summed E-state index contributed by atoms with van der Waals surface area (Å²) < 4.78 is 26.6. The molecule has 0 bridgehead atoms. The first-order valence-corrected chi connectivity index (χ1v) is 15.8. The predicted octanol–water partition coefficient (Wildman–Crippen LogP) is 4.71. The van der Waals surface area contributed by atoms with Crippen molar-refractivity contribution in [2.24, 2.45) is 0 Å². The largest absolute Gasteiger partial charge is 0.352 e. The number of nitro groups is 1. The van der Waals surface area contributed by atoms with Crippen LogP contribution in [0.3, 0.4) is 0 Å². The molecule has 222 valence electrons. The maximum atomic E-state index is 14.1. The van der Waals surface area contributed by atoms with Crippen molar-refractivity contribution in [3.05, 3.63) is 105 Å². The zero-order valence-electron chi connectivity index (χ0n) is 23.2. The van der Waals surface area contributed by atoms with Crippen LogP contribution in [0.1, 0.15) is 36.8 Å². The zero-order chi connectivity index (χ0) is 30.3. The highest BCUT2D eigenvalue weighted by molar-refractivity contribution is 7.92. The van der Waals surface area contributed by atoms with Gasteiger partial charge in [-0.15, -0.1) is 0 Å². The second-order valence-corrected chi connectivity index (χ2v) is 12.7. The summed E-state index contributed by atoms with van der Waals surface area (Å²) in [5.41, 5.74) is 1.18. The maximum absolute atomic E-state index is 14.1. The Balaban J connectivity index is 1.73. The van der Waals surface area contributed by atoms with E-state index in [1.165, 1.54) is 23.1 Å². The summed E-state index contributed by atoms with van der Waals surface area (Å²) in [6, 6.07) is 20.3. The van der Waals surface area contributed by atoms with E-state index in [2.05, 4.69) is 5.32 Å². The van der Waals surface area contributed by atoms with Crippen LogP contribution in [0, 0.1) is 10.1 Å². The van der Waals surface area contributed by atoms with E-state index in [1.807, 2.05) is 30.3 Å². The minimum Gasteiger partial charge on any atom is -0.352 e. The van der Waals surface area contributed by atoms with Crippen LogP contribution in [0.5, 0.6) is 0 Å². The molecule has 0 saturated heterocycles. The molecular formula is C30H33ClN4O6S. The molecule has 2 amide bonds. The minimum atomic E-state index is -4.05. The van der Waals surface area contributed by atoms with E-state index in [4.69, 9.17) is 11.6 Å². The molecule has 10 nitrogen and oxygen atoms in total. The van der Waals surface area contributed by atoms with Crippen LogP contribution in [-0.2, 0) is 32.6 Å². The first kappa shape index (κ1) is 31.0. The minimum absolute atomic E-state index is 0.000596. The van der Waals surface area contributed by atoms with Crippen LogP contribution in [0.2, 0.25) is 5.02 Å². The molecule has 0 unspecified atom stereocenters. The molecule has 12 heteroatoms. The van der Waals surface area contributed by atoms with E-state index in [-0.39, 0.29) is 36.3 Å². The normalized spacial score (nSPS) is 14.2. The third-order valence-electron chi connectivity index (χ3n) is 7.25. The SMILES string of the molecule is CS(=O)(=O)N(CC(=O)N(Cc1ccc(Cl)cc1)[C@H](Cc1ccccc1)C(=O)NC1CCCC1)c1cccc([N+](=O)[O-])c1. The number of nitro benzene ring substituents is 1. The lowest BCUT2D eigenvalue weighted by Crippen LogP contribution is -2.54. The van der Waals surface area contributed by atoms with Crippen LogP contribution >= 0.6 is 11.6 Å². The fourth-order valence-electron chi connectivity index (χ4n) is 5.08. The Morgan fingerprint density at radius 3 is 2.29 bits per heavy atom. The van der Waals surface area contributed by atoms with Crippen LogP contribution in [0.4, 0.5) is 11.4 Å². The van der Waals surface area contributed by atoms with E-state index in [9.17, 15) is 28.1 Å². The third-order valence-corrected chi connectivity index (χ3v) is 8.64. The van der Waals surface area contributed by atoms with E-state index in [0.29, 0.717) is 10.6 Å². The van der Waals surface area contributed by atoms with Gasteiger partial charge in [0.05, 0.1) is 16.9 Å². The van der Waals surface area contributed by atoms with Crippen LogP contribution in [-0.4, -0.2) is 54.9 Å². The quantitative estimate of drug-likeness (QED) is 0.233. The summed E-state index contributed by atoms with van der Waals surface area (Å²) in [4.78, 5) is 40.1.